The summed E-state index contributed by atoms with van der Waals surface area (Å²) < 4.78 is 16.3. The molecule has 0 radical (unpaired) electrons. The summed E-state index contributed by atoms with van der Waals surface area (Å²) in [5.74, 6) is 0.672. The van der Waals surface area contributed by atoms with E-state index < -0.39 is 11.8 Å². The normalized spacial score (nSPS) is 10.5. The van der Waals surface area contributed by atoms with Gasteiger partial charge in [0.1, 0.15) is 30.5 Å². The van der Waals surface area contributed by atoms with Crippen LogP contribution in [0.15, 0.2) is 83.5 Å². The maximum Gasteiger partial charge on any atom is 0.273 e. The minimum atomic E-state index is -0.496. The third-order valence-electron chi connectivity index (χ3n) is 3.73. The molecule has 0 fully saturated rings. The van der Waals surface area contributed by atoms with Crippen molar-refractivity contribution in [2.45, 2.75) is 0 Å². The van der Waals surface area contributed by atoms with Gasteiger partial charge in [-0.25, -0.2) is 0 Å². The van der Waals surface area contributed by atoms with Gasteiger partial charge in [-0.15, -0.1) is 0 Å². The molecule has 3 aromatic rings. The maximum atomic E-state index is 12.4. The number of hydrogen-bond acceptors (Lipinski definition) is 5. The minimum Gasteiger partial charge on any atom is -0.490 e. The maximum absolute atomic E-state index is 12.4. The van der Waals surface area contributed by atoms with Gasteiger partial charge in [-0.1, -0.05) is 30.3 Å². The van der Waals surface area contributed by atoms with E-state index in [0.29, 0.717) is 23.7 Å². The second-order valence-corrected chi connectivity index (χ2v) is 5.80. The standard InChI is InChI=1S/C22H20N2O5/c25-21(13-12-18-9-6-14-27-18)23-24-22(26)19-10-4-5-11-20(19)29-16-15-28-17-7-2-1-3-8-17/h1-14H,15-16H2,(H,23,25)(H,24,26)/b13-12+. The van der Waals surface area contributed by atoms with Gasteiger partial charge in [-0.2, -0.15) is 0 Å². The zero-order valence-corrected chi connectivity index (χ0v) is 15.5. The van der Waals surface area contributed by atoms with E-state index in [0.717, 1.165) is 5.75 Å². The minimum absolute atomic E-state index is 0.261. The number of furan rings is 1. The van der Waals surface area contributed by atoms with E-state index in [1.54, 1.807) is 36.4 Å². The molecule has 2 N–H and O–H groups in total. The second kappa shape index (κ2) is 10.4. The molecule has 0 atom stereocenters. The number of para-hydroxylation sites is 2. The number of carbonyl (C=O) groups excluding carboxylic acids is 2. The lowest BCUT2D eigenvalue weighted by atomic mass is 10.2. The Kier molecular flexibility index (Phi) is 7.06. The quantitative estimate of drug-likeness (QED) is 0.349. The van der Waals surface area contributed by atoms with E-state index in [9.17, 15) is 9.59 Å². The summed E-state index contributed by atoms with van der Waals surface area (Å²) >= 11 is 0. The largest absolute Gasteiger partial charge is 0.490 e. The van der Waals surface area contributed by atoms with Crippen LogP contribution < -0.4 is 20.3 Å². The highest BCUT2D eigenvalue weighted by Gasteiger charge is 2.12. The summed E-state index contributed by atoms with van der Waals surface area (Å²) in [5.41, 5.74) is 4.96. The Morgan fingerprint density at radius 3 is 2.41 bits per heavy atom. The van der Waals surface area contributed by atoms with Crippen LogP contribution >= 0.6 is 0 Å². The van der Waals surface area contributed by atoms with E-state index >= 15 is 0 Å². The van der Waals surface area contributed by atoms with Crippen LogP contribution in [0.2, 0.25) is 0 Å². The van der Waals surface area contributed by atoms with Gasteiger partial charge in [0.2, 0.25) is 0 Å². The zero-order chi connectivity index (χ0) is 20.3. The Balaban J connectivity index is 1.48. The molecule has 7 nitrogen and oxygen atoms in total. The van der Waals surface area contributed by atoms with Gasteiger partial charge in [0.05, 0.1) is 11.8 Å². The predicted octanol–water partition coefficient (Wildman–Crippen LogP) is 3.21. The van der Waals surface area contributed by atoms with E-state index in [-0.39, 0.29) is 6.61 Å². The van der Waals surface area contributed by atoms with Crippen LogP contribution in [0, 0.1) is 0 Å². The van der Waals surface area contributed by atoms with Crippen molar-refractivity contribution in [3.05, 3.63) is 90.4 Å². The lowest BCUT2D eigenvalue weighted by molar-refractivity contribution is -0.117. The molecule has 7 heteroatoms. The van der Waals surface area contributed by atoms with E-state index in [2.05, 4.69) is 10.9 Å². The molecule has 0 bridgehead atoms. The average Bonchev–Trinajstić information content (AvgIpc) is 3.28. The predicted molar refractivity (Wildman–Crippen MR) is 107 cm³/mol. The second-order valence-electron chi connectivity index (χ2n) is 5.80. The lowest BCUT2D eigenvalue weighted by Crippen LogP contribution is -2.40. The summed E-state index contributed by atoms with van der Waals surface area (Å²) in [4.78, 5) is 24.2. The van der Waals surface area contributed by atoms with Crippen molar-refractivity contribution in [2.75, 3.05) is 13.2 Å². The number of benzene rings is 2. The Morgan fingerprint density at radius 2 is 1.62 bits per heavy atom. The SMILES string of the molecule is O=C(/C=C/c1ccco1)NNC(=O)c1ccccc1OCCOc1ccccc1. The summed E-state index contributed by atoms with van der Waals surface area (Å²) in [5, 5.41) is 0. The van der Waals surface area contributed by atoms with Crippen molar-refractivity contribution in [1.82, 2.24) is 10.9 Å². The number of nitrogens with one attached hydrogen (secondary N) is 2. The van der Waals surface area contributed by atoms with Crippen LogP contribution in [0.4, 0.5) is 0 Å². The van der Waals surface area contributed by atoms with Crippen molar-refractivity contribution in [3.8, 4) is 11.5 Å². The number of ether oxygens (including phenoxy) is 2. The first-order valence-corrected chi connectivity index (χ1v) is 8.94. The molecule has 0 saturated carbocycles. The number of hydrogen-bond donors (Lipinski definition) is 2. The molecule has 1 aromatic heterocycles. The number of amides is 2. The van der Waals surface area contributed by atoms with Crippen LogP contribution in [0.5, 0.6) is 11.5 Å². The van der Waals surface area contributed by atoms with Crippen molar-refractivity contribution in [2.24, 2.45) is 0 Å². The summed E-state index contributed by atoms with van der Waals surface area (Å²) in [6, 6.07) is 19.5. The molecule has 29 heavy (non-hydrogen) atoms. The third kappa shape index (κ3) is 6.28. The van der Waals surface area contributed by atoms with E-state index in [1.807, 2.05) is 30.3 Å². The van der Waals surface area contributed by atoms with Crippen molar-refractivity contribution < 1.29 is 23.5 Å². The van der Waals surface area contributed by atoms with Crippen LogP contribution in [0.1, 0.15) is 16.1 Å². The Hall–Kier alpha value is -4.00. The Morgan fingerprint density at radius 1 is 0.862 bits per heavy atom. The monoisotopic (exact) mass is 392 g/mol. The van der Waals surface area contributed by atoms with Gasteiger partial charge < -0.3 is 13.9 Å². The first kappa shape index (κ1) is 19.8. The topological polar surface area (TPSA) is 89.8 Å². The Labute approximate surface area is 167 Å². The lowest BCUT2D eigenvalue weighted by Gasteiger charge is -2.12. The van der Waals surface area contributed by atoms with Crippen molar-refractivity contribution in [1.29, 1.82) is 0 Å². The van der Waals surface area contributed by atoms with Gasteiger partial charge in [-0.05, 0) is 42.5 Å². The van der Waals surface area contributed by atoms with Gasteiger partial charge in [0, 0.05) is 6.08 Å². The fourth-order valence-corrected chi connectivity index (χ4v) is 2.38. The van der Waals surface area contributed by atoms with Gasteiger partial charge in [0.15, 0.2) is 0 Å². The fraction of sp³-hybridized carbons (Fsp3) is 0.0909. The van der Waals surface area contributed by atoms with Gasteiger partial charge >= 0.3 is 0 Å². The number of hydrazine groups is 1. The van der Waals surface area contributed by atoms with Crippen LogP contribution in [-0.4, -0.2) is 25.0 Å². The molecule has 0 aliphatic heterocycles. The molecule has 3 rings (SSSR count). The van der Waals surface area contributed by atoms with Crippen LogP contribution in [0.3, 0.4) is 0 Å². The van der Waals surface area contributed by atoms with E-state index in [1.165, 1.54) is 18.4 Å². The highest BCUT2D eigenvalue weighted by molar-refractivity contribution is 5.99. The van der Waals surface area contributed by atoms with Gasteiger partial charge in [-0.3, -0.25) is 20.4 Å². The molecule has 2 aromatic carbocycles. The van der Waals surface area contributed by atoms with Crippen LogP contribution in [-0.2, 0) is 4.79 Å². The molecule has 148 valence electrons. The zero-order valence-electron chi connectivity index (χ0n) is 15.5. The summed E-state index contributed by atoms with van der Waals surface area (Å²) in [6.45, 7) is 0.589. The molecule has 0 spiro atoms. The third-order valence-corrected chi connectivity index (χ3v) is 3.73. The molecule has 0 aliphatic rings. The molecular formula is C22H20N2O5. The first-order valence-electron chi connectivity index (χ1n) is 8.94. The van der Waals surface area contributed by atoms with Crippen molar-refractivity contribution >= 4 is 17.9 Å². The van der Waals surface area contributed by atoms with Crippen molar-refractivity contribution in [3.63, 3.8) is 0 Å². The smallest absolute Gasteiger partial charge is 0.273 e. The van der Waals surface area contributed by atoms with E-state index in [4.69, 9.17) is 13.9 Å². The summed E-state index contributed by atoms with van der Waals surface area (Å²) in [6.07, 6.45) is 4.24. The van der Waals surface area contributed by atoms with Crippen LogP contribution in [0.25, 0.3) is 6.08 Å². The van der Waals surface area contributed by atoms with Gasteiger partial charge in [0.25, 0.3) is 11.8 Å². The fourth-order valence-electron chi connectivity index (χ4n) is 2.38. The molecule has 0 unspecified atom stereocenters. The number of carbonyl (C=O) groups is 2. The summed E-state index contributed by atoms with van der Waals surface area (Å²) in [7, 11) is 0. The number of rotatable bonds is 8. The average molecular weight is 392 g/mol. The molecule has 0 aliphatic carbocycles. The first-order chi connectivity index (χ1) is 14.2. The molecule has 0 saturated heterocycles. The molecule has 2 amide bonds. The Bertz CT molecular complexity index is 952. The highest BCUT2D eigenvalue weighted by atomic mass is 16.5. The molecular weight excluding hydrogens is 372 g/mol. The molecule has 1 heterocycles. The highest BCUT2D eigenvalue weighted by Crippen LogP contribution is 2.17.